The molecular weight excluding hydrogens is 519 g/mol. The van der Waals surface area contributed by atoms with Crippen LogP contribution < -0.4 is 0 Å². The standard InChI is InChI=1S/C30H53O8P/c1-22(2)11-7-12-23(3)13-8-14-24(4)15-9-16-25(5)17-10-18-26(6)19-20-37-39(34,35)38-30-29(33)28(32)27(31)21-36-30/h11,13,15,17,26-33H,7-10,12,14,16,18-21H2,1-6H3,(H,34,35)/b23-13+,24-15+,25-17-/t26?,27-,28+,29-,30+/m1/s1. The molecule has 226 valence electrons. The zero-order valence-electron chi connectivity index (χ0n) is 24.8. The topological polar surface area (TPSA) is 126 Å². The molecule has 0 spiro atoms. The highest BCUT2D eigenvalue weighted by molar-refractivity contribution is 7.47. The zero-order chi connectivity index (χ0) is 29.4. The van der Waals surface area contributed by atoms with Crippen molar-refractivity contribution in [3.8, 4) is 0 Å². The van der Waals surface area contributed by atoms with Gasteiger partial charge in [0.2, 0.25) is 0 Å². The molecule has 39 heavy (non-hydrogen) atoms. The normalized spacial score (nSPS) is 25.3. The van der Waals surface area contributed by atoms with E-state index in [2.05, 4.69) is 65.8 Å². The van der Waals surface area contributed by atoms with Crippen LogP contribution in [-0.4, -0.2) is 58.0 Å². The molecule has 0 aromatic heterocycles. The van der Waals surface area contributed by atoms with Gasteiger partial charge in [-0.3, -0.25) is 9.05 Å². The highest BCUT2D eigenvalue weighted by Gasteiger charge is 2.42. The van der Waals surface area contributed by atoms with Crippen LogP contribution in [0.3, 0.4) is 0 Å². The summed E-state index contributed by atoms with van der Waals surface area (Å²) in [6, 6.07) is 0. The van der Waals surface area contributed by atoms with E-state index in [0.29, 0.717) is 6.42 Å². The summed E-state index contributed by atoms with van der Waals surface area (Å²) in [7, 11) is -4.48. The Bertz CT molecular complexity index is 874. The van der Waals surface area contributed by atoms with E-state index in [1.54, 1.807) is 0 Å². The molecular formula is C30H53O8P. The van der Waals surface area contributed by atoms with Crippen LogP contribution in [0.15, 0.2) is 46.6 Å². The minimum absolute atomic E-state index is 0.0138. The molecule has 0 aliphatic carbocycles. The van der Waals surface area contributed by atoms with Gasteiger partial charge in [0.05, 0.1) is 13.2 Å². The van der Waals surface area contributed by atoms with Crippen LogP contribution in [0.25, 0.3) is 0 Å². The van der Waals surface area contributed by atoms with Gasteiger partial charge in [0.1, 0.15) is 18.3 Å². The Labute approximate surface area is 236 Å². The maximum Gasteiger partial charge on any atom is 0.474 e. The Morgan fingerprint density at radius 1 is 0.846 bits per heavy atom. The maximum atomic E-state index is 12.2. The Hall–Kier alpha value is -1.09. The van der Waals surface area contributed by atoms with Crippen molar-refractivity contribution in [2.45, 2.75) is 124 Å². The summed E-state index contributed by atoms with van der Waals surface area (Å²) in [5.41, 5.74) is 5.65. The first-order valence-electron chi connectivity index (χ1n) is 14.2. The number of aliphatic hydroxyl groups excluding tert-OH is 3. The molecule has 8 nitrogen and oxygen atoms in total. The van der Waals surface area contributed by atoms with Crippen molar-refractivity contribution in [1.82, 2.24) is 0 Å². The van der Waals surface area contributed by atoms with Gasteiger partial charge in [0.15, 0.2) is 6.29 Å². The Morgan fingerprint density at radius 2 is 1.36 bits per heavy atom. The van der Waals surface area contributed by atoms with E-state index in [9.17, 15) is 24.8 Å². The number of phosphoric acid groups is 1. The minimum Gasteiger partial charge on any atom is -0.388 e. The summed E-state index contributed by atoms with van der Waals surface area (Å²) in [5.74, 6) is 0.281. The summed E-state index contributed by atoms with van der Waals surface area (Å²) in [4.78, 5) is 9.90. The first-order chi connectivity index (χ1) is 18.3. The average Bonchev–Trinajstić information content (AvgIpc) is 2.84. The van der Waals surface area contributed by atoms with E-state index in [1.807, 2.05) is 0 Å². The van der Waals surface area contributed by atoms with Crippen LogP contribution in [0.2, 0.25) is 0 Å². The van der Waals surface area contributed by atoms with Crippen LogP contribution in [0.1, 0.15) is 99.3 Å². The molecule has 1 heterocycles. The lowest BCUT2D eigenvalue weighted by Crippen LogP contribution is -2.53. The molecule has 1 saturated heterocycles. The molecule has 9 heteroatoms. The van der Waals surface area contributed by atoms with Crippen LogP contribution in [0, 0.1) is 5.92 Å². The maximum absolute atomic E-state index is 12.2. The quantitative estimate of drug-likeness (QED) is 0.108. The lowest BCUT2D eigenvalue weighted by atomic mass is 10.0. The van der Waals surface area contributed by atoms with Gasteiger partial charge in [-0.05, 0) is 98.3 Å². The molecule has 1 aliphatic rings. The zero-order valence-corrected chi connectivity index (χ0v) is 25.7. The fourth-order valence-corrected chi connectivity index (χ4v) is 4.99. The number of rotatable bonds is 18. The SMILES string of the molecule is CC(C)=CCC/C(C)=C/CC/C(C)=C/CC/C(C)=C\CCC(C)CCOP(=O)(O)O[C@@H]1OC[C@@H](O)[C@H](O)[C@H]1O. The minimum atomic E-state index is -4.48. The monoisotopic (exact) mass is 572 g/mol. The average molecular weight is 573 g/mol. The largest absolute Gasteiger partial charge is 0.474 e. The van der Waals surface area contributed by atoms with Crippen LogP contribution >= 0.6 is 7.82 Å². The first kappa shape index (κ1) is 35.9. The highest BCUT2D eigenvalue weighted by atomic mass is 31.2. The molecule has 0 bridgehead atoms. The van der Waals surface area contributed by atoms with Crippen molar-refractivity contribution in [2.75, 3.05) is 13.2 Å². The summed E-state index contributed by atoms with van der Waals surface area (Å²) < 4.78 is 27.0. The van der Waals surface area contributed by atoms with Gasteiger partial charge in [-0.2, -0.15) is 0 Å². The van der Waals surface area contributed by atoms with Crippen molar-refractivity contribution in [2.24, 2.45) is 5.92 Å². The second-order valence-electron chi connectivity index (χ2n) is 11.2. The lowest BCUT2D eigenvalue weighted by molar-refractivity contribution is -0.246. The summed E-state index contributed by atoms with van der Waals surface area (Å²) >= 11 is 0. The van der Waals surface area contributed by atoms with E-state index in [1.165, 1.54) is 22.3 Å². The fourth-order valence-electron chi connectivity index (χ4n) is 4.15. The van der Waals surface area contributed by atoms with E-state index in [4.69, 9.17) is 13.8 Å². The van der Waals surface area contributed by atoms with Crippen LogP contribution in [0.5, 0.6) is 0 Å². The second kappa shape index (κ2) is 19.1. The van der Waals surface area contributed by atoms with Crippen molar-refractivity contribution in [1.29, 1.82) is 0 Å². The molecule has 1 aliphatic heterocycles. The molecule has 0 aromatic rings. The van der Waals surface area contributed by atoms with Gasteiger partial charge >= 0.3 is 7.82 Å². The van der Waals surface area contributed by atoms with E-state index in [-0.39, 0.29) is 19.1 Å². The molecule has 0 aromatic carbocycles. The highest BCUT2D eigenvalue weighted by Crippen LogP contribution is 2.46. The van der Waals surface area contributed by atoms with E-state index < -0.39 is 32.4 Å². The van der Waals surface area contributed by atoms with Gasteiger partial charge in [-0.1, -0.05) is 53.5 Å². The van der Waals surface area contributed by atoms with Gasteiger partial charge < -0.3 is 24.9 Å². The van der Waals surface area contributed by atoms with Crippen LogP contribution in [-0.2, 0) is 18.3 Å². The summed E-state index contributed by atoms with van der Waals surface area (Å²) in [5, 5.41) is 28.9. The third-order valence-corrected chi connectivity index (χ3v) is 7.85. The smallest absolute Gasteiger partial charge is 0.388 e. The van der Waals surface area contributed by atoms with Gasteiger partial charge in [-0.25, -0.2) is 4.57 Å². The molecule has 6 atom stereocenters. The number of allylic oxidation sites excluding steroid dienone is 8. The fraction of sp³-hybridized carbons (Fsp3) is 0.733. The number of ether oxygens (including phenoxy) is 1. The predicted octanol–water partition coefficient (Wildman–Crippen LogP) is 6.51. The Balaban J connectivity index is 2.23. The van der Waals surface area contributed by atoms with Crippen LogP contribution in [0.4, 0.5) is 0 Å². The van der Waals surface area contributed by atoms with Gasteiger partial charge in [0.25, 0.3) is 0 Å². The van der Waals surface area contributed by atoms with E-state index in [0.717, 1.165) is 51.4 Å². The third-order valence-electron chi connectivity index (χ3n) is 6.86. The van der Waals surface area contributed by atoms with Crippen molar-refractivity contribution >= 4 is 7.82 Å². The molecule has 2 unspecified atom stereocenters. The number of hydrogen-bond acceptors (Lipinski definition) is 7. The Kier molecular flexibility index (Phi) is 17.6. The predicted molar refractivity (Wildman–Crippen MR) is 156 cm³/mol. The first-order valence-corrected chi connectivity index (χ1v) is 15.7. The molecule has 0 amide bonds. The molecule has 0 radical (unpaired) electrons. The molecule has 4 N–H and O–H groups in total. The second-order valence-corrected chi connectivity index (χ2v) is 12.6. The van der Waals surface area contributed by atoms with Crippen molar-refractivity contribution < 1.29 is 38.6 Å². The van der Waals surface area contributed by atoms with Crippen molar-refractivity contribution in [3.63, 3.8) is 0 Å². The molecule has 0 saturated carbocycles. The number of aliphatic hydroxyl groups is 3. The van der Waals surface area contributed by atoms with Gasteiger partial charge in [0, 0.05) is 0 Å². The lowest BCUT2D eigenvalue weighted by Gasteiger charge is -2.35. The summed E-state index contributed by atoms with van der Waals surface area (Å²) in [6.45, 7) is 12.6. The van der Waals surface area contributed by atoms with Crippen molar-refractivity contribution in [3.05, 3.63) is 46.6 Å². The number of hydrogen-bond donors (Lipinski definition) is 4. The Morgan fingerprint density at radius 3 is 1.90 bits per heavy atom. The third kappa shape index (κ3) is 16.7. The number of phosphoric ester groups is 1. The van der Waals surface area contributed by atoms with Gasteiger partial charge in [-0.15, -0.1) is 0 Å². The molecule has 1 fully saturated rings. The van der Waals surface area contributed by atoms with E-state index >= 15 is 0 Å². The summed E-state index contributed by atoms with van der Waals surface area (Å²) in [6.07, 6.45) is 12.2. The molecule has 1 rings (SSSR count).